The van der Waals surface area contributed by atoms with E-state index in [0.29, 0.717) is 12.3 Å². The number of hydrogen-bond donors (Lipinski definition) is 2. The number of nitrogens with one attached hydrogen (secondary N) is 2. The second-order valence-electron chi connectivity index (χ2n) is 6.88. The maximum absolute atomic E-state index is 12.2. The van der Waals surface area contributed by atoms with Crippen LogP contribution in [0.3, 0.4) is 0 Å². The third kappa shape index (κ3) is 5.23. The molecule has 1 aliphatic rings. The molecule has 4 rings (SSSR count). The smallest absolute Gasteiger partial charge is 0.354 e. The first-order valence-electron chi connectivity index (χ1n) is 9.91. The highest BCUT2D eigenvalue weighted by molar-refractivity contribution is 5.99. The summed E-state index contributed by atoms with van der Waals surface area (Å²) in [5.41, 5.74) is 2.16. The lowest BCUT2D eigenvalue weighted by Crippen LogP contribution is -2.35. The van der Waals surface area contributed by atoms with Gasteiger partial charge in [-0.2, -0.15) is 0 Å². The number of anilines is 1. The highest BCUT2D eigenvalue weighted by atomic mass is 16.5. The third-order valence-electron chi connectivity index (χ3n) is 4.84. The Morgan fingerprint density at radius 2 is 1.83 bits per heavy atom. The monoisotopic (exact) mass is 393 g/mol. The van der Waals surface area contributed by atoms with Crippen molar-refractivity contribution < 1.29 is 14.3 Å². The number of fused-ring (bicyclic) bond motifs is 1. The van der Waals surface area contributed by atoms with Crippen molar-refractivity contribution in [1.29, 1.82) is 0 Å². The largest absolute Gasteiger partial charge is 0.461 e. The molecular weight excluding hydrogens is 366 g/mol. The zero-order chi connectivity index (χ0) is 20.6. The second kappa shape index (κ2) is 9.89. The van der Waals surface area contributed by atoms with E-state index >= 15 is 0 Å². The molecule has 3 aromatic rings. The lowest BCUT2D eigenvalue weighted by atomic mass is 10.2. The van der Waals surface area contributed by atoms with E-state index < -0.39 is 0 Å². The van der Waals surface area contributed by atoms with Crippen molar-refractivity contribution >= 4 is 28.5 Å². The molecule has 0 bridgehead atoms. The number of esters is 1. The summed E-state index contributed by atoms with van der Waals surface area (Å²) in [6.45, 7) is 3.01. The molecule has 1 unspecified atom stereocenters. The van der Waals surface area contributed by atoms with Crippen LogP contribution in [0, 0.1) is 0 Å². The first-order valence-corrected chi connectivity index (χ1v) is 9.91. The summed E-state index contributed by atoms with van der Waals surface area (Å²) in [4.78, 5) is 24.1. The topological polar surface area (TPSA) is 72.4 Å². The van der Waals surface area contributed by atoms with Crippen LogP contribution < -0.4 is 10.6 Å². The minimum Gasteiger partial charge on any atom is -0.461 e. The van der Waals surface area contributed by atoms with Gasteiger partial charge in [0.05, 0.1) is 12.6 Å². The molecule has 1 aromatic heterocycles. The summed E-state index contributed by atoms with van der Waals surface area (Å²) >= 11 is 0. The molecule has 1 aliphatic heterocycles. The molecule has 152 valence electrons. The van der Waals surface area contributed by atoms with Gasteiger partial charge < -0.3 is 19.9 Å². The van der Waals surface area contributed by atoms with E-state index in [0.717, 1.165) is 36.0 Å². The van der Waals surface area contributed by atoms with E-state index in [2.05, 4.69) is 10.6 Å². The van der Waals surface area contributed by atoms with Crippen molar-refractivity contribution in [3.05, 3.63) is 66.4 Å². The minimum atomic E-state index is -0.341. The van der Waals surface area contributed by atoms with Gasteiger partial charge in [-0.05, 0) is 50.6 Å². The van der Waals surface area contributed by atoms with Crippen molar-refractivity contribution in [3.8, 4) is 0 Å². The summed E-state index contributed by atoms with van der Waals surface area (Å²) in [6, 6.07) is 19.3. The molecule has 0 saturated carbocycles. The molecule has 1 fully saturated rings. The van der Waals surface area contributed by atoms with Crippen LogP contribution in [-0.2, 0) is 16.6 Å². The number of amides is 1. The zero-order valence-electron chi connectivity index (χ0n) is 16.9. The van der Waals surface area contributed by atoms with E-state index in [1.54, 1.807) is 17.6 Å². The Morgan fingerprint density at radius 1 is 1.14 bits per heavy atom. The van der Waals surface area contributed by atoms with Gasteiger partial charge in [0.25, 0.3) is 0 Å². The van der Waals surface area contributed by atoms with Crippen LogP contribution in [0.4, 0.5) is 5.69 Å². The molecule has 0 spiro atoms. The van der Waals surface area contributed by atoms with Crippen LogP contribution in [0.15, 0.2) is 60.7 Å². The summed E-state index contributed by atoms with van der Waals surface area (Å²) in [5, 5.41) is 7.01. The molecule has 2 heterocycles. The average molecular weight is 393 g/mol. The second-order valence-corrected chi connectivity index (χ2v) is 6.88. The van der Waals surface area contributed by atoms with Crippen molar-refractivity contribution in [2.75, 3.05) is 18.5 Å². The zero-order valence-corrected chi connectivity index (χ0v) is 16.9. The molecule has 0 aliphatic carbocycles. The lowest BCUT2D eigenvalue weighted by Gasteiger charge is -2.11. The van der Waals surface area contributed by atoms with E-state index in [1.807, 2.05) is 61.6 Å². The number of benzene rings is 2. The predicted molar refractivity (Wildman–Crippen MR) is 115 cm³/mol. The van der Waals surface area contributed by atoms with Gasteiger partial charge in [0.15, 0.2) is 0 Å². The van der Waals surface area contributed by atoms with E-state index in [-0.39, 0.29) is 17.9 Å². The Morgan fingerprint density at radius 3 is 2.41 bits per heavy atom. The number of nitrogens with zero attached hydrogens (tertiary/aromatic N) is 1. The standard InChI is InChI=1S/C17H21N3O3.C6H6/c1-3-23-17(22)15-10-11-9-12(6-7-14(11)20(15)2)19-16(21)13-5-4-8-18-13;1-2-4-6-5-3-1/h6-7,9-10,13,18H,3-5,8H2,1-2H3,(H,19,21);1-6H. The summed E-state index contributed by atoms with van der Waals surface area (Å²) < 4.78 is 6.87. The van der Waals surface area contributed by atoms with E-state index in [4.69, 9.17) is 4.74 Å². The Balaban J connectivity index is 0.000000343. The SMILES string of the molecule is CCOC(=O)c1cc2cc(NC(=O)C3CCCN3)ccc2n1C.c1ccccc1. The van der Waals surface area contributed by atoms with Gasteiger partial charge in [-0.3, -0.25) is 4.79 Å². The Labute approximate surface area is 170 Å². The number of carbonyl (C=O) groups is 2. The normalized spacial score (nSPS) is 15.4. The first kappa shape index (κ1) is 20.6. The quantitative estimate of drug-likeness (QED) is 0.663. The van der Waals surface area contributed by atoms with Gasteiger partial charge >= 0.3 is 5.97 Å². The first-order chi connectivity index (χ1) is 14.1. The van der Waals surface area contributed by atoms with Crippen LogP contribution >= 0.6 is 0 Å². The summed E-state index contributed by atoms with van der Waals surface area (Å²) in [6.07, 6.45) is 1.89. The van der Waals surface area contributed by atoms with Gasteiger partial charge in [0.2, 0.25) is 5.91 Å². The van der Waals surface area contributed by atoms with Crippen molar-refractivity contribution in [3.63, 3.8) is 0 Å². The van der Waals surface area contributed by atoms with Crippen molar-refractivity contribution in [1.82, 2.24) is 9.88 Å². The van der Waals surface area contributed by atoms with E-state index in [9.17, 15) is 9.59 Å². The molecule has 1 atom stereocenters. The van der Waals surface area contributed by atoms with Crippen LogP contribution in [0.25, 0.3) is 10.9 Å². The van der Waals surface area contributed by atoms with E-state index in [1.165, 1.54) is 0 Å². The predicted octanol–water partition coefficient (Wildman–Crippen LogP) is 3.73. The van der Waals surface area contributed by atoms with Crippen LogP contribution in [0.2, 0.25) is 0 Å². The number of carbonyl (C=O) groups excluding carboxylic acids is 2. The number of aryl methyl sites for hydroxylation is 1. The summed E-state index contributed by atoms with van der Waals surface area (Å²) in [5.74, 6) is -0.352. The fraction of sp³-hybridized carbons (Fsp3) is 0.304. The lowest BCUT2D eigenvalue weighted by molar-refractivity contribution is -0.117. The maximum atomic E-state index is 12.2. The molecule has 2 aromatic carbocycles. The molecule has 2 N–H and O–H groups in total. The molecule has 1 amide bonds. The number of hydrogen-bond acceptors (Lipinski definition) is 4. The molecule has 1 saturated heterocycles. The van der Waals surface area contributed by atoms with Crippen LogP contribution in [0.5, 0.6) is 0 Å². The Kier molecular flexibility index (Phi) is 7.03. The number of ether oxygens (including phenoxy) is 1. The minimum absolute atomic E-state index is 0.0107. The average Bonchev–Trinajstić information content (AvgIpc) is 3.39. The molecule has 0 radical (unpaired) electrons. The number of aromatic nitrogens is 1. The Bertz CT molecular complexity index is 933. The van der Waals surface area contributed by atoms with Gasteiger partial charge in [0, 0.05) is 23.6 Å². The molecular formula is C23H27N3O3. The van der Waals surface area contributed by atoms with Gasteiger partial charge in [-0.15, -0.1) is 0 Å². The van der Waals surface area contributed by atoms with Gasteiger partial charge in [-0.1, -0.05) is 36.4 Å². The molecule has 29 heavy (non-hydrogen) atoms. The highest BCUT2D eigenvalue weighted by Gasteiger charge is 2.22. The fourth-order valence-electron chi connectivity index (χ4n) is 3.35. The highest BCUT2D eigenvalue weighted by Crippen LogP contribution is 2.23. The molecule has 6 heteroatoms. The van der Waals surface area contributed by atoms with Gasteiger partial charge in [-0.25, -0.2) is 4.79 Å². The maximum Gasteiger partial charge on any atom is 0.354 e. The van der Waals surface area contributed by atoms with Crippen LogP contribution in [-0.4, -0.2) is 35.6 Å². The molecule has 6 nitrogen and oxygen atoms in total. The summed E-state index contributed by atoms with van der Waals surface area (Å²) in [7, 11) is 1.83. The fourth-order valence-corrected chi connectivity index (χ4v) is 3.35. The van der Waals surface area contributed by atoms with Gasteiger partial charge in [0.1, 0.15) is 5.69 Å². The number of rotatable bonds is 4. The van der Waals surface area contributed by atoms with Crippen molar-refractivity contribution in [2.24, 2.45) is 7.05 Å². The Hall–Kier alpha value is -3.12. The van der Waals surface area contributed by atoms with Crippen molar-refractivity contribution in [2.45, 2.75) is 25.8 Å². The van der Waals surface area contributed by atoms with Crippen LogP contribution in [0.1, 0.15) is 30.3 Å². The third-order valence-corrected chi connectivity index (χ3v) is 4.84.